The van der Waals surface area contributed by atoms with Gasteiger partial charge in [0.15, 0.2) is 0 Å². The van der Waals surface area contributed by atoms with Gasteiger partial charge in [-0.15, -0.1) is 0 Å². The van der Waals surface area contributed by atoms with Crippen LogP contribution in [0.3, 0.4) is 0 Å². The van der Waals surface area contributed by atoms with Crippen LogP contribution < -0.4 is 10.6 Å². The van der Waals surface area contributed by atoms with Crippen LogP contribution in [0.25, 0.3) is 0 Å². The summed E-state index contributed by atoms with van der Waals surface area (Å²) in [6.07, 6.45) is 0.389. The van der Waals surface area contributed by atoms with Crippen molar-refractivity contribution in [2.24, 2.45) is 5.92 Å². The van der Waals surface area contributed by atoms with Crippen LogP contribution in [0.15, 0.2) is 54.6 Å². The van der Waals surface area contributed by atoms with Crippen LogP contribution in [0.4, 0.5) is 5.69 Å². The van der Waals surface area contributed by atoms with E-state index in [0.717, 1.165) is 9.13 Å². The Balaban J connectivity index is 2.18. The average molecular weight is 436 g/mol. The molecule has 5 heteroatoms. The van der Waals surface area contributed by atoms with Gasteiger partial charge in [-0.2, -0.15) is 0 Å². The fraction of sp³-hybridized carbons (Fsp3) is 0.263. The molecule has 4 nitrogen and oxygen atoms in total. The van der Waals surface area contributed by atoms with Crippen LogP contribution >= 0.6 is 22.6 Å². The molecule has 0 heterocycles. The van der Waals surface area contributed by atoms with Gasteiger partial charge in [0.25, 0.3) is 5.91 Å². The molecule has 0 aliphatic heterocycles. The normalized spacial score (nSPS) is 11.8. The molecule has 126 valence electrons. The van der Waals surface area contributed by atoms with Crippen LogP contribution in [-0.2, 0) is 9.59 Å². The molecule has 0 saturated heterocycles. The van der Waals surface area contributed by atoms with Gasteiger partial charge in [0, 0.05) is 15.7 Å². The fourth-order valence-corrected chi connectivity index (χ4v) is 2.86. The van der Waals surface area contributed by atoms with Crippen molar-refractivity contribution in [1.82, 2.24) is 5.32 Å². The van der Waals surface area contributed by atoms with E-state index in [1.807, 2.05) is 68.4 Å². The van der Waals surface area contributed by atoms with Gasteiger partial charge in [-0.05, 0) is 52.3 Å². The Labute approximate surface area is 156 Å². The molecule has 2 N–H and O–H groups in total. The molecule has 1 unspecified atom stereocenters. The number of anilines is 1. The number of rotatable bonds is 6. The van der Waals surface area contributed by atoms with Crippen molar-refractivity contribution in [3.8, 4) is 0 Å². The van der Waals surface area contributed by atoms with E-state index >= 15 is 0 Å². The van der Waals surface area contributed by atoms with Crippen molar-refractivity contribution < 1.29 is 9.59 Å². The molecule has 0 bridgehead atoms. The first kappa shape index (κ1) is 18.4. The van der Waals surface area contributed by atoms with Crippen LogP contribution in [0.1, 0.15) is 31.9 Å². The predicted molar refractivity (Wildman–Crippen MR) is 105 cm³/mol. The minimum atomic E-state index is -0.713. The number of carbonyl (C=O) groups excluding carboxylic acids is 2. The summed E-state index contributed by atoms with van der Waals surface area (Å²) in [5, 5.41) is 5.73. The van der Waals surface area contributed by atoms with Gasteiger partial charge in [-0.3, -0.25) is 9.59 Å². The van der Waals surface area contributed by atoms with Crippen molar-refractivity contribution in [2.75, 3.05) is 5.32 Å². The zero-order valence-corrected chi connectivity index (χ0v) is 15.9. The van der Waals surface area contributed by atoms with E-state index in [-0.39, 0.29) is 17.7 Å². The Morgan fingerprint density at radius 1 is 1.04 bits per heavy atom. The summed E-state index contributed by atoms with van der Waals surface area (Å²) in [6.45, 7) is 3.95. The number of hydrogen-bond donors (Lipinski definition) is 2. The van der Waals surface area contributed by atoms with Gasteiger partial charge >= 0.3 is 0 Å². The third kappa shape index (κ3) is 5.63. The number of amides is 2. The van der Waals surface area contributed by atoms with E-state index in [1.165, 1.54) is 0 Å². The summed E-state index contributed by atoms with van der Waals surface area (Å²) in [7, 11) is 0. The molecule has 1 atom stereocenters. The van der Waals surface area contributed by atoms with E-state index in [9.17, 15) is 9.59 Å². The molecular formula is C19H21IN2O2. The number of carbonyl (C=O) groups is 2. The summed E-state index contributed by atoms with van der Waals surface area (Å²) >= 11 is 2.19. The van der Waals surface area contributed by atoms with Crippen molar-refractivity contribution >= 4 is 40.1 Å². The fourth-order valence-electron chi connectivity index (χ4n) is 2.32. The van der Waals surface area contributed by atoms with Crippen LogP contribution in [-0.4, -0.2) is 11.8 Å². The zero-order chi connectivity index (χ0) is 17.5. The molecular weight excluding hydrogens is 415 g/mol. The standard InChI is InChI=1S/C19H21IN2O2/c1-13(2)11-17(23)22-18(14-7-4-3-5-8-14)19(24)21-16-10-6-9-15(20)12-16/h3-10,12-13,18H,11H2,1-2H3,(H,21,24)(H,22,23). The summed E-state index contributed by atoms with van der Waals surface area (Å²) in [6, 6.07) is 16.1. The zero-order valence-electron chi connectivity index (χ0n) is 13.8. The lowest BCUT2D eigenvalue weighted by Crippen LogP contribution is -2.37. The quantitative estimate of drug-likeness (QED) is 0.670. The Kier molecular flexibility index (Phi) is 6.78. The predicted octanol–water partition coefficient (Wildman–Crippen LogP) is 4.13. The lowest BCUT2D eigenvalue weighted by Gasteiger charge is -2.19. The van der Waals surface area contributed by atoms with Gasteiger partial charge in [-0.1, -0.05) is 50.2 Å². The first-order valence-electron chi connectivity index (χ1n) is 7.86. The van der Waals surface area contributed by atoms with E-state index in [1.54, 1.807) is 0 Å². The molecule has 2 amide bonds. The number of benzene rings is 2. The molecule has 0 saturated carbocycles. The third-order valence-electron chi connectivity index (χ3n) is 3.39. The molecule has 0 aromatic heterocycles. The van der Waals surface area contributed by atoms with Crippen molar-refractivity contribution in [2.45, 2.75) is 26.3 Å². The SMILES string of the molecule is CC(C)CC(=O)NC(C(=O)Nc1cccc(I)c1)c1ccccc1. The highest BCUT2D eigenvalue weighted by atomic mass is 127. The van der Waals surface area contributed by atoms with Crippen LogP contribution in [0, 0.1) is 9.49 Å². The largest absolute Gasteiger partial charge is 0.341 e. The maximum Gasteiger partial charge on any atom is 0.251 e. The minimum absolute atomic E-state index is 0.128. The molecule has 24 heavy (non-hydrogen) atoms. The van der Waals surface area contributed by atoms with Crippen molar-refractivity contribution in [3.63, 3.8) is 0 Å². The minimum Gasteiger partial charge on any atom is -0.341 e. The molecule has 2 aromatic carbocycles. The molecule has 0 fully saturated rings. The van der Waals surface area contributed by atoms with Gasteiger partial charge < -0.3 is 10.6 Å². The number of halogens is 1. The highest BCUT2D eigenvalue weighted by molar-refractivity contribution is 14.1. The molecule has 0 radical (unpaired) electrons. The molecule has 0 spiro atoms. The number of nitrogens with one attached hydrogen (secondary N) is 2. The van der Waals surface area contributed by atoms with E-state index < -0.39 is 6.04 Å². The maximum atomic E-state index is 12.7. The Morgan fingerprint density at radius 2 is 1.75 bits per heavy atom. The lowest BCUT2D eigenvalue weighted by molar-refractivity contribution is -0.127. The van der Waals surface area contributed by atoms with Crippen LogP contribution in [0.5, 0.6) is 0 Å². The maximum absolute atomic E-state index is 12.7. The Bertz CT molecular complexity index is 702. The monoisotopic (exact) mass is 436 g/mol. The first-order valence-corrected chi connectivity index (χ1v) is 8.94. The van der Waals surface area contributed by atoms with Gasteiger partial charge in [-0.25, -0.2) is 0 Å². The Hall–Kier alpha value is -1.89. The van der Waals surface area contributed by atoms with Gasteiger partial charge in [0.1, 0.15) is 6.04 Å². The van der Waals surface area contributed by atoms with Crippen LogP contribution in [0.2, 0.25) is 0 Å². The summed E-state index contributed by atoms with van der Waals surface area (Å²) in [5.74, 6) is -0.142. The van der Waals surface area contributed by atoms with Crippen molar-refractivity contribution in [1.29, 1.82) is 0 Å². The third-order valence-corrected chi connectivity index (χ3v) is 4.06. The molecule has 0 aliphatic rings. The molecule has 2 rings (SSSR count). The van der Waals surface area contributed by atoms with Gasteiger partial charge in [0.2, 0.25) is 5.91 Å². The second-order valence-electron chi connectivity index (χ2n) is 6.01. The highest BCUT2D eigenvalue weighted by Crippen LogP contribution is 2.18. The summed E-state index contributed by atoms with van der Waals surface area (Å²) < 4.78 is 1.03. The van der Waals surface area contributed by atoms with E-state index in [0.29, 0.717) is 12.1 Å². The smallest absolute Gasteiger partial charge is 0.251 e. The van der Waals surface area contributed by atoms with Crippen molar-refractivity contribution in [3.05, 3.63) is 63.7 Å². The lowest BCUT2D eigenvalue weighted by atomic mass is 10.0. The summed E-state index contributed by atoms with van der Waals surface area (Å²) in [5.41, 5.74) is 1.48. The number of hydrogen-bond acceptors (Lipinski definition) is 2. The second kappa shape index (κ2) is 8.82. The molecule has 2 aromatic rings. The Morgan fingerprint density at radius 3 is 2.38 bits per heavy atom. The van der Waals surface area contributed by atoms with Gasteiger partial charge in [0.05, 0.1) is 0 Å². The topological polar surface area (TPSA) is 58.2 Å². The highest BCUT2D eigenvalue weighted by Gasteiger charge is 2.23. The second-order valence-corrected chi connectivity index (χ2v) is 7.25. The first-order chi connectivity index (χ1) is 11.5. The van der Waals surface area contributed by atoms with E-state index in [2.05, 4.69) is 33.2 Å². The van der Waals surface area contributed by atoms with E-state index in [4.69, 9.17) is 0 Å². The molecule has 0 aliphatic carbocycles. The summed E-state index contributed by atoms with van der Waals surface area (Å²) in [4.78, 5) is 24.9. The average Bonchev–Trinajstić information content (AvgIpc) is 2.52.